The van der Waals surface area contributed by atoms with Crippen LogP contribution in [0.25, 0.3) is 11.1 Å². The van der Waals surface area contributed by atoms with E-state index in [0.717, 1.165) is 18.5 Å². The Balaban J connectivity index is 1.93. The Morgan fingerprint density at radius 2 is 2.14 bits per heavy atom. The molecule has 154 valence electrons. The van der Waals surface area contributed by atoms with Crippen LogP contribution in [0.4, 0.5) is 15.2 Å². The summed E-state index contributed by atoms with van der Waals surface area (Å²) in [6, 6.07) is 5.78. The summed E-state index contributed by atoms with van der Waals surface area (Å²) in [7, 11) is 1.92. The van der Waals surface area contributed by atoms with Crippen molar-refractivity contribution in [2.45, 2.75) is 39.7 Å². The third-order valence-electron chi connectivity index (χ3n) is 3.67. The number of carbonyl (C=O) groups is 1. The molecule has 0 spiro atoms. The molecule has 0 saturated heterocycles. The van der Waals surface area contributed by atoms with Crippen LogP contribution in [0.1, 0.15) is 34.1 Å². The van der Waals surface area contributed by atoms with Crippen LogP contribution in [-0.2, 0) is 4.74 Å². The number of halogens is 1. The molecule has 1 heterocycles. The predicted octanol–water partition coefficient (Wildman–Crippen LogP) is 4.43. The first-order valence-electron chi connectivity index (χ1n) is 9.21. The van der Waals surface area contributed by atoms with Gasteiger partial charge in [-0.25, -0.2) is 9.18 Å². The van der Waals surface area contributed by atoms with Crippen molar-refractivity contribution in [2.75, 3.05) is 31.6 Å². The summed E-state index contributed by atoms with van der Waals surface area (Å²) in [4.78, 5) is 18.0. The fourth-order valence-corrected chi connectivity index (χ4v) is 2.37. The van der Waals surface area contributed by atoms with Gasteiger partial charge in [0.25, 0.3) is 6.01 Å². The number of hydrogen-bond acceptors (Lipinski definition) is 6. The van der Waals surface area contributed by atoms with E-state index in [1.807, 2.05) is 11.9 Å². The molecule has 28 heavy (non-hydrogen) atoms. The highest BCUT2D eigenvalue weighted by Gasteiger charge is 2.16. The minimum atomic E-state index is -0.614. The van der Waals surface area contributed by atoms with Crippen molar-refractivity contribution in [3.63, 3.8) is 0 Å². The number of rotatable bonds is 8. The number of hydrogen-bond donors (Lipinski definition) is 1. The molecule has 0 aliphatic carbocycles. The number of oxazole rings is 1. The normalized spacial score (nSPS) is 12.1. The third kappa shape index (κ3) is 6.44. The van der Waals surface area contributed by atoms with Gasteiger partial charge in [0.15, 0.2) is 5.58 Å². The van der Waals surface area contributed by atoms with E-state index in [0.29, 0.717) is 23.7 Å². The number of carbonyl (C=O) groups excluding carboxylic acids is 1. The molecule has 0 saturated carbocycles. The van der Waals surface area contributed by atoms with E-state index in [1.54, 1.807) is 39.0 Å². The minimum absolute atomic E-state index is 0.0120. The van der Waals surface area contributed by atoms with Crippen LogP contribution >= 0.6 is 0 Å². The highest BCUT2D eigenvalue weighted by molar-refractivity contribution is 5.76. The van der Waals surface area contributed by atoms with Crippen molar-refractivity contribution in [3.8, 4) is 5.75 Å². The Hall–Kier alpha value is -2.77. The molecule has 1 aromatic heterocycles. The number of nitrogens with one attached hydrogen (secondary N) is 1. The summed E-state index contributed by atoms with van der Waals surface area (Å²) in [6.45, 7) is 8.16. The molecule has 0 fully saturated rings. The van der Waals surface area contributed by atoms with Gasteiger partial charge in [-0.15, -0.1) is 0 Å². The number of ether oxygens (including phenoxy) is 2. The Kier molecular flexibility index (Phi) is 7.25. The van der Waals surface area contributed by atoms with E-state index in [9.17, 15) is 9.18 Å². The molecule has 7 nitrogen and oxygen atoms in total. The Bertz CT molecular complexity index is 826. The summed E-state index contributed by atoms with van der Waals surface area (Å²) >= 11 is 0. The van der Waals surface area contributed by atoms with Crippen molar-refractivity contribution in [1.82, 2.24) is 10.3 Å². The highest BCUT2D eigenvalue weighted by atomic mass is 19.1. The SMILES string of the molecule is CCCN(C)c1nc2ccc(OC/C(=C/F)CNC(=O)OC(C)(C)C)cc2o1. The third-order valence-corrected chi connectivity index (χ3v) is 3.67. The van der Waals surface area contributed by atoms with Crippen LogP contribution in [0.2, 0.25) is 0 Å². The van der Waals surface area contributed by atoms with E-state index < -0.39 is 11.7 Å². The lowest BCUT2D eigenvalue weighted by Crippen LogP contribution is -2.34. The van der Waals surface area contributed by atoms with Gasteiger partial charge in [-0.3, -0.25) is 0 Å². The molecule has 0 bridgehead atoms. The van der Waals surface area contributed by atoms with Gasteiger partial charge < -0.3 is 24.1 Å². The Morgan fingerprint density at radius 1 is 1.39 bits per heavy atom. The molecule has 2 aromatic rings. The summed E-state index contributed by atoms with van der Waals surface area (Å²) in [5, 5.41) is 2.50. The van der Waals surface area contributed by atoms with Gasteiger partial charge in [0.2, 0.25) is 0 Å². The molecule has 0 radical (unpaired) electrons. The van der Waals surface area contributed by atoms with Crippen molar-refractivity contribution in [1.29, 1.82) is 0 Å². The molecule has 0 aliphatic heterocycles. The first-order valence-corrected chi connectivity index (χ1v) is 9.21. The lowest BCUT2D eigenvalue weighted by atomic mass is 10.2. The number of benzene rings is 1. The maximum Gasteiger partial charge on any atom is 0.407 e. The van der Waals surface area contributed by atoms with Gasteiger partial charge in [0.05, 0.1) is 6.33 Å². The molecule has 1 N–H and O–H groups in total. The fraction of sp³-hybridized carbons (Fsp3) is 0.500. The van der Waals surface area contributed by atoms with Gasteiger partial charge in [-0.2, -0.15) is 4.98 Å². The van der Waals surface area contributed by atoms with E-state index in [4.69, 9.17) is 13.9 Å². The molecule has 0 aliphatic rings. The predicted molar refractivity (Wildman–Crippen MR) is 106 cm³/mol. The lowest BCUT2D eigenvalue weighted by Gasteiger charge is -2.20. The number of nitrogens with zero attached hydrogens (tertiary/aromatic N) is 2. The molecular formula is C20H28FN3O4. The second kappa shape index (κ2) is 9.43. The number of fused-ring (bicyclic) bond motifs is 1. The average Bonchev–Trinajstić information content (AvgIpc) is 3.04. The monoisotopic (exact) mass is 393 g/mol. The van der Waals surface area contributed by atoms with E-state index >= 15 is 0 Å². The molecule has 0 unspecified atom stereocenters. The van der Waals surface area contributed by atoms with E-state index in [-0.39, 0.29) is 18.7 Å². The maximum absolute atomic E-state index is 13.1. The van der Waals surface area contributed by atoms with Crippen LogP contribution in [0, 0.1) is 0 Å². The smallest absolute Gasteiger partial charge is 0.407 e. The first kappa shape index (κ1) is 21.5. The number of amides is 1. The van der Waals surface area contributed by atoms with E-state index in [2.05, 4.69) is 17.2 Å². The molecular weight excluding hydrogens is 365 g/mol. The van der Waals surface area contributed by atoms with Gasteiger partial charge in [0, 0.05) is 31.8 Å². The Labute approximate surface area is 164 Å². The number of anilines is 1. The quantitative estimate of drug-likeness (QED) is 0.715. The minimum Gasteiger partial charge on any atom is -0.489 e. The second-order valence-corrected chi connectivity index (χ2v) is 7.46. The molecule has 0 atom stereocenters. The fourth-order valence-electron chi connectivity index (χ4n) is 2.37. The second-order valence-electron chi connectivity index (χ2n) is 7.46. The van der Waals surface area contributed by atoms with Crippen LogP contribution in [-0.4, -0.2) is 43.4 Å². The summed E-state index contributed by atoms with van der Waals surface area (Å²) in [5.74, 6) is 0.518. The Morgan fingerprint density at radius 3 is 2.79 bits per heavy atom. The number of alkyl carbamates (subject to hydrolysis) is 1. The lowest BCUT2D eigenvalue weighted by molar-refractivity contribution is 0.0531. The zero-order valence-electron chi connectivity index (χ0n) is 17.0. The van der Waals surface area contributed by atoms with Crippen molar-refractivity contribution in [3.05, 3.63) is 30.1 Å². The maximum atomic E-state index is 13.1. The van der Waals surface area contributed by atoms with Crippen molar-refractivity contribution < 1.29 is 23.1 Å². The van der Waals surface area contributed by atoms with E-state index in [1.165, 1.54) is 0 Å². The van der Waals surface area contributed by atoms with Crippen LogP contribution < -0.4 is 15.0 Å². The summed E-state index contributed by atoms with van der Waals surface area (Å²) in [6.07, 6.45) is 0.792. The summed E-state index contributed by atoms with van der Waals surface area (Å²) in [5.41, 5.74) is 0.967. The largest absolute Gasteiger partial charge is 0.489 e. The van der Waals surface area contributed by atoms with Gasteiger partial charge in [0.1, 0.15) is 23.5 Å². The van der Waals surface area contributed by atoms with Crippen molar-refractivity contribution >= 4 is 23.2 Å². The summed E-state index contributed by atoms with van der Waals surface area (Å²) < 4.78 is 29.6. The number of aromatic nitrogens is 1. The van der Waals surface area contributed by atoms with Gasteiger partial charge in [-0.05, 0) is 39.3 Å². The zero-order valence-corrected chi connectivity index (χ0v) is 17.0. The molecule has 8 heteroatoms. The van der Waals surface area contributed by atoms with Crippen LogP contribution in [0.15, 0.2) is 34.5 Å². The van der Waals surface area contributed by atoms with Crippen molar-refractivity contribution in [2.24, 2.45) is 0 Å². The zero-order chi connectivity index (χ0) is 20.7. The van der Waals surface area contributed by atoms with Gasteiger partial charge >= 0.3 is 6.09 Å². The standard InChI is InChI=1S/C20H28FN3O4/c1-6-9-24(5)18-23-16-8-7-15(10-17(16)27-18)26-13-14(11-21)12-22-19(25)28-20(2,3)4/h7-8,10-11H,6,9,12-13H2,1-5H3,(H,22,25)/b14-11+. The average molecular weight is 393 g/mol. The topological polar surface area (TPSA) is 76.8 Å². The van der Waals surface area contributed by atoms with Gasteiger partial charge in [-0.1, -0.05) is 6.92 Å². The molecule has 1 amide bonds. The molecule has 1 aromatic carbocycles. The van der Waals surface area contributed by atoms with Crippen LogP contribution in [0.3, 0.4) is 0 Å². The first-order chi connectivity index (χ1) is 13.2. The highest BCUT2D eigenvalue weighted by Crippen LogP contribution is 2.25. The molecule has 2 rings (SSSR count). The van der Waals surface area contributed by atoms with Crippen LogP contribution in [0.5, 0.6) is 5.75 Å².